The average Bonchev–Trinajstić information content (AvgIpc) is 2.31. The van der Waals surface area contributed by atoms with Crippen LogP contribution in [0.1, 0.15) is 26.7 Å². The molecule has 0 aromatic heterocycles. The Hall–Kier alpha value is -1.30. The molecule has 1 heterocycles. The van der Waals surface area contributed by atoms with Gasteiger partial charge in [-0.05, 0) is 27.3 Å². The molecule has 0 atom stereocenters. The van der Waals surface area contributed by atoms with Crippen molar-refractivity contribution >= 4 is 12.0 Å². The van der Waals surface area contributed by atoms with Crippen LogP contribution >= 0.6 is 0 Å². The van der Waals surface area contributed by atoms with Crippen molar-refractivity contribution in [1.82, 2.24) is 14.7 Å². The number of hydrogen-bond acceptors (Lipinski definition) is 3. The highest BCUT2D eigenvalue weighted by atomic mass is 16.4. The largest absolute Gasteiger partial charge is 0.481 e. The zero-order valence-corrected chi connectivity index (χ0v) is 12.3. The number of rotatable bonds is 4. The molecular formula is C13H25N3O3. The van der Waals surface area contributed by atoms with Gasteiger partial charge >= 0.3 is 12.0 Å². The molecule has 110 valence electrons. The van der Waals surface area contributed by atoms with E-state index in [0.29, 0.717) is 19.5 Å². The van der Waals surface area contributed by atoms with Gasteiger partial charge in [0, 0.05) is 45.2 Å². The molecule has 1 fully saturated rings. The van der Waals surface area contributed by atoms with Gasteiger partial charge in [0.2, 0.25) is 0 Å². The summed E-state index contributed by atoms with van der Waals surface area (Å²) < 4.78 is 0. The first-order chi connectivity index (χ1) is 8.74. The number of carbonyl (C=O) groups is 2. The molecule has 0 bridgehead atoms. The van der Waals surface area contributed by atoms with Gasteiger partial charge in [0.15, 0.2) is 0 Å². The van der Waals surface area contributed by atoms with Crippen LogP contribution in [-0.4, -0.2) is 77.6 Å². The van der Waals surface area contributed by atoms with Crippen molar-refractivity contribution < 1.29 is 14.7 Å². The van der Waals surface area contributed by atoms with E-state index in [1.165, 1.54) is 0 Å². The summed E-state index contributed by atoms with van der Waals surface area (Å²) in [4.78, 5) is 28.4. The summed E-state index contributed by atoms with van der Waals surface area (Å²) in [5.74, 6) is -0.818. The summed E-state index contributed by atoms with van der Waals surface area (Å²) in [6.45, 7) is 7.01. The highest BCUT2D eigenvalue weighted by Gasteiger charge is 2.34. The second-order valence-electron chi connectivity index (χ2n) is 5.86. The van der Waals surface area contributed by atoms with E-state index in [4.69, 9.17) is 5.11 Å². The quantitative estimate of drug-likeness (QED) is 0.826. The normalized spacial score (nSPS) is 19.3. The molecule has 1 rings (SSSR count). The lowest BCUT2D eigenvalue weighted by molar-refractivity contribution is -0.137. The number of hydrogen-bond donors (Lipinski definition) is 1. The smallest absolute Gasteiger partial charge is 0.319 e. The number of urea groups is 1. The van der Waals surface area contributed by atoms with E-state index in [2.05, 4.69) is 25.8 Å². The van der Waals surface area contributed by atoms with Crippen LogP contribution in [0, 0.1) is 0 Å². The van der Waals surface area contributed by atoms with Crippen LogP contribution in [0.15, 0.2) is 0 Å². The van der Waals surface area contributed by atoms with E-state index < -0.39 is 5.97 Å². The van der Waals surface area contributed by atoms with E-state index in [9.17, 15) is 9.59 Å². The SMILES string of the molecule is CN(CCCC(=O)O)C(=O)N1CCN(C)C(C)(C)C1. The fourth-order valence-electron chi connectivity index (χ4n) is 2.21. The molecule has 6 nitrogen and oxygen atoms in total. The van der Waals surface area contributed by atoms with E-state index in [1.807, 2.05) is 4.90 Å². The Bertz CT molecular complexity index is 344. The summed E-state index contributed by atoms with van der Waals surface area (Å²) in [7, 11) is 3.80. The highest BCUT2D eigenvalue weighted by molar-refractivity contribution is 5.74. The molecule has 0 aromatic rings. The van der Waals surface area contributed by atoms with Crippen LogP contribution in [0.4, 0.5) is 4.79 Å². The lowest BCUT2D eigenvalue weighted by Crippen LogP contribution is -2.60. The van der Waals surface area contributed by atoms with Crippen LogP contribution in [0.2, 0.25) is 0 Å². The number of piperazine rings is 1. The lowest BCUT2D eigenvalue weighted by atomic mass is 10.00. The van der Waals surface area contributed by atoms with Gasteiger partial charge in [-0.25, -0.2) is 4.79 Å². The molecule has 0 aliphatic carbocycles. The minimum Gasteiger partial charge on any atom is -0.481 e. The number of amides is 2. The van der Waals surface area contributed by atoms with Gasteiger partial charge < -0.3 is 14.9 Å². The van der Waals surface area contributed by atoms with Gasteiger partial charge in [0.1, 0.15) is 0 Å². The zero-order valence-electron chi connectivity index (χ0n) is 12.3. The highest BCUT2D eigenvalue weighted by Crippen LogP contribution is 2.19. The maximum absolute atomic E-state index is 12.3. The summed E-state index contributed by atoms with van der Waals surface area (Å²) in [5.41, 5.74) is -0.0180. The van der Waals surface area contributed by atoms with Crippen molar-refractivity contribution in [2.24, 2.45) is 0 Å². The Morgan fingerprint density at radius 2 is 1.95 bits per heavy atom. The lowest BCUT2D eigenvalue weighted by Gasteiger charge is -2.46. The maximum atomic E-state index is 12.3. The Morgan fingerprint density at radius 3 is 2.47 bits per heavy atom. The summed E-state index contributed by atoms with van der Waals surface area (Å²) in [6, 6.07) is -0.00781. The van der Waals surface area contributed by atoms with E-state index in [1.54, 1.807) is 11.9 Å². The monoisotopic (exact) mass is 271 g/mol. The second-order valence-corrected chi connectivity index (χ2v) is 5.86. The first kappa shape index (κ1) is 15.8. The minimum absolute atomic E-state index is 0.00781. The predicted molar refractivity (Wildman–Crippen MR) is 73.2 cm³/mol. The van der Waals surface area contributed by atoms with Gasteiger partial charge in [-0.2, -0.15) is 0 Å². The Morgan fingerprint density at radius 1 is 1.32 bits per heavy atom. The summed E-state index contributed by atoms with van der Waals surface area (Å²) in [6.07, 6.45) is 0.598. The van der Waals surface area contributed by atoms with Gasteiger partial charge in [-0.1, -0.05) is 0 Å². The molecule has 0 unspecified atom stereocenters. The van der Waals surface area contributed by atoms with Crippen molar-refractivity contribution in [2.45, 2.75) is 32.2 Å². The molecule has 0 spiro atoms. The molecule has 19 heavy (non-hydrogen) atoms. The predicted octanol–water partition coefficient (Wildman–Crippen LogP) is 0.929. The fourth-order valence-corrected chi connectivity index (χ4v) is 2.21. The first-order valence-electron chi connectivity index (χ1n) is 6.67. The van der Waals surface area contributed by atoms with E-state index in [0.717, 1.165) is 13.1 Å². The zero-order chi connectivity index (χ0) is 14.6. The van der Waals surface area contributed by atoms with Crippen molar-refractivity contribution in [3.8, 4) is 0 Å². The van der Waals surface area contributed by atoms with Gasteiger partial charge in [-0.15, -0.1) is 0 Å². The minimum atomic E-state index is -0.818. The van der Waals surface area contributed by atoms with Crippen LogP contribution < -0.4 is 0 Å². The Balaban J connectivity index is 2.46. The molecule has 1 saturated heterocycles. The third-order valence-electron chi connectivity index (χ3n) is 3.80. The summed E-state index contributed by atoms with van der Waals surface area (Å²) >= 11 is 0. The molecule has 6 heteroatoms. The van der Waals surface area contributed by atoms with Crippen molar-refractivity contribution in [3.63, 3.8) is 0 Å². The van der Waals surface area contributed by atoms with Gasteiger partial charge in [0.25, 0.3) is 0 Å². The molecule has 1 aliphatic heterocycles. The standard InChI is InChI=1S/C13H25N3O3/c1-13(2)10-16(9-8-15(13)4)12(19)14(3)7-5-6-11(17)18/h5-10H2,1-4H3,(H,17,18). The maximum Gasteiger partial charge on any atom is 0.319 e. The topological polar surface area (TPSA) is 64.1 Å². The van der Waals surface area contributed by atoms with Gasteiger partial charge in [0.05, 0.1) is 0 Å². The molecule has 2 amide bonds. The van der Waals surface area contributed by atoms with Crippen LogP contribution in [0.25, 0.3) is 0 Å². The molecule has 1 aliphatic rings. The van der Waals surface area contributed by atoms with Gasteiger partial charge in [-0.3, -0.25) is 9.69 Å². The molecule has 0 radical (unpaired) electrons. The molecular weight excluding hydrogens is 246 g/mol. The third-order valence-corrected chi connectivity index (χ3v) is 3.80. The molecule has 1 N–H and O–H groups in total. The Labute approximate surface area is 115 Å². The van der Waals surface area contributed by atoms with E-state index in [-0.39, 0.29) is 18.0 Å². The first-order valence-corrected chi connectivity index (χ1v) is 6.67. The number of likely N-dealkylation sites (N-methyl/N-ethyl adjacent to an activating group) is 1. The van der Waals surface area contributed by atoms with Crippen molar-refractivity contribution in [1.29, 1.82) is 0 Å². The number of carboxylic acid groups (broad SMARTS) is 1. The number of carboxylic acids is 1. The van der Waals surface area contributed by atoms with Crippen molar-refractivity contribution in [3.05, 3.63) is 0 Å². The average molecular weight is 271 g/mol. The number of nitrogens with zero attached hydrogens (tertiary/aromatic N) is 3. The molecule has 0 aromatic carbocycles. The van der Waals surface area contributed by atoms with Crippen LogP contribution in [0.3, 0.4) is 0 Å². The third kappa shape index (κ3) is 4.38. The van der Waals surface area contributed by atoms with Crippen LogP contribution in [0.5, 0.6) is 0 Å². The van der Waals surface area contributed by atoms with E-state index >= 15 is 0 Å². The van der Waals surface area contributed by atoms with Crippen molar-refractivity contribution in [2.75, 3.05) is 40.3 Å². The molecule has 0 saturated carbocycles. The number of carbonyl (C=O) groups excluding carboxylic acids is 1. The fraction of sp³-hybridized carbons (Fsp3) is 0.846. The summed E-state index contributed by atoms with van der Waals surface area (Å²) in [5, 5.41) is 8.59. The second kappa shape index (κ2) is 6.23. The Kier molecular flexibility index (Phi) is 5.17. The number of aliphatic carboxylic acids is 1. The van der Waals surface area contributed by atoms with Crippen LogP contribution in [-0.2, 0) is 4.79 Å².